The molecule has 9 heteroatoms. The van der Waals surface area contributed by atoms with Gasteiger partial charge < -0.3 is 10.6 Å². The summed E-state index contributed by atoms with van der Waals surface area (Å²) in [7, 11) is 1.51. The molecule has 2 N–H and O–H groups in total. The van der Waals surface area contributed by atoms with E-state index in [-0.39, 0.29) is 10.6 Å². The third kappa shape index (κ3) is 4.94. The molecule has 0 aliphatic rings. The summed E-state index contributed by atoms with van der Waals surface area (Å²) < 4.78 is 14.4. The first-order valence-corrected chi connectivity index (χ1v) is 11.0. The Hall–Kier alpha value is -3.16. The molecule has 0 spiro atoms. The van der Waals surface area contributed by atoms with Crippen molar-refractivity contribution in [1.29, 1.82) is 0 Å². The molecule has 0 atom stereocenters. The first-order chi connectivity index (χ1) is 15.7. The quantitative estimate of drug-likeness (QED) is 0.481. The van der Waals surface area contributed by atoms with Crippen molar-refractivity contribution in [3.63, 3.8) is 0 Å². The molecule has 0 aliphatic carbocycles. The van der Waals surface area contributed by atoms with Gasteiger partial charge in [0.2, 0.25) is 5.91 Å². The van der Waals surface area contributed by atoms with E-state index >= 15 is 0 Å². The van der Waals surface area contributed by atoms with Crippen molar-refractivity contribution in [3.8, 4) is 11.1 Å². The number of hydrogen-bond donors (Lipinski definition) is 1. The molecule has 1 aromatic heterocycles. The molecule has 0 saturated heterocycles. The molecule has 33 heavy (non-hydrogen) atoms. The van der Waals surface area contributed by atoms with Gasteiger partial charge in [0, 0.05) is 48.0 Å². The van der Waals surface area contributed by atoms with Gasteiger partial charge in [-0.25, -0.2) is 9.37 Å². The number of benzene rings is 2. The highest BCUT2D eigenvalue weighted by molar-refractivity contribution is 6.34. The lowest BCUT2D eigenvalue weighted by Gasteiger charge is -2.28. The number of aromatic nitrogens is 1. The molecule has 1 heterocycles. The molecule has 3 aromatic rings. The molecule has 0 unspecified atom stereocenters. The van der Waals surface area contributed by atoms with Crippen LogP contribution in [-0.2, 0) is 0 Å². The minimum atomic E-state index is -0.713. The summed E-state index contributed by atoms with van der Waals surface area (Å²) in [6, 6.07) is 10.6. The first kappa shape index (κ1) is 24.5. The van der Waals surface area contributed by atoms with Crippen molar-refractivity contribution in [3.05, 3.63) is 75.7 Å². The Bertz CT molecular complexity index is 1190. The first-order valence-electron chi connectivity index (χ1n) is 10.3. The van der Waals surface area contributed by atoms with Crippen molar-refractivity contribution in [2.75, 3.05) is 29.9 Å². The lowest BCUT2D eigenvalue weighted by molar-refractivity contribution is 0.0984. The molecule has 0 saturated carbocycles. The Morgan fingerprint density at radius 3 is 2.36 bits per heavy atom. The zero-order valence-corrected chi connectivity index (χ0v) is 19.9. The van der Waals surface area contributed by atoms with E-state index in [1.807, 2.05) is 24.8 Å². The van der Waals surface area contributed by atoms with Crippen molar-refractivity contribution < 1.29 is 14.0 Å². The molecule has 3 rings (SSSR count). The summed E-state index contributed by atoms with van der Waals surface area (Å²) in [5.74, 6) is -1.58. The van der Waals surface area contributed by atoms with Crippen LogP contribution in [0.3, 0.4) is 0 Å². The molecule has 0 radical (unpaired) electrons. The van der Waals surface area contributed by atoms with Crippen LogP contribution in [-0.4, -0.2) is 36.9 Å². The summed E-state index contributed by atoms with van der Waals surface area (Å²) in [5.41, 5.74) is 7.35. The number of anilines is 2. The monoisotopic (exact) mass is 488 g/mol. The number of halogens is 3. The maximum Gasteiger partial charge on any atom is 0.263 e. The van der Waals surface area contributed by atoms with Gasteiger partial charge in [-0.15, -0.1) is 0 Å². The molecular formula is C24H23Cl2FN4O2. The third-order valence-corrected chi connectivity index (χ3v) is 5.96. The fourth-order valence-corrected chi connectivity index (χ4v) is 3.98. The molecule has 0 fully saturated rings. The molecular weight excluding hydrogens is 466 g/mol. The normalized spacial score (nSPS) is 10.7. The minimum absolute atomic E-state index is 0.0166. The van der Waals surface area contributed by atoms with Crippen LogP contribution in [0.25, 0.3) is 11.1 Å². The van der Waals surface area contributed by atoms with Crippen LogP contribution in [0.15, 0.2) is 48.7 Å². The summed E-state index contributed by atoms with van der Waals surface area (Å²) in [6.07, 6.45) is 1.54. The van der Waals surface area contributed by atoms with Crippen LogP contribution in [0.2, 0.25) is 10.0 Å². The molecule has 2 amide bonds. The van der Waals surface area contributed by atoms with E-state index in [1.165, 1.54) is 30.1 Å². The van der Waals surface area contributed by atoms with Crippen LogP contribution in [0.1, 0.15) is 34.6 Å². The third-order valence-electron chi connectivity index (χ3n) is 5.31. The van der Waals surface area contributed by atoms with Crippen LogP contribution in [0, 0.1) is 5.82 Å². The highest BCUT2D eigenvalue weighted by atomic mass is 35.5. The number of rotatable bonds is 7. The Labute approximate surface area is 201 Å². The Kier molecular flexibility index (Phi) is 7.56. The van der Waals surface area contributed by atoms with E-state index < -0.39 is 17.6 Å². The van der Waals surface area contributed by atoms with Gasteiger partial charge in [0.25, 0.3) is 5.91 Å². The van der Waals surface area contributed by atoms with Crippen LogP contribution in [0.5, 0.6) is 0 Å². The van der Waals surface area contributed by atoms with E-state index in [2.05, 4.69) is 4.98 Å². The Morgan fingerprint density at radius 1 is 1.06 bits per heavy atom. The number of primary amides is 1. The average Bonchev–Trinajstić information content (AvgIpc) is 2.79. The Balaban J connectivity index is 2.15. The van der Waals surface area contributed by atoms with Gasteiger partial charge in [-0.1, -0.05) is 29.3 Å². The summed E-state index contributed by atoms with van der Waals surface area (Å²) in [4.78, 5) is 32.6. The number of pyridine rings is 1. The molecule has 2 aromatic carbocycles. The van der Waals surface area contributed by atoms with Crippen molar-refractivity contribution in [1.82, 2.24) is 4.98 Å². The average molecular weight is 489 g/mol. The van der Waals surface area contributed by atoms with Crippen molar-refractivity contribution in [2.24, 2.45) is 5.73 Å². The SMILES string of the molecule is CCN(CC)c1cc(-c2cc(C(N)=O)ccc2Cl)cnc1N(C)C(=O)c1c(F)cccc1Cl. The van der Waals surface area contributed by atoms with Gasteiger partial charge in [-0.3, -0.25) is 14.5 Å². The predicted octanol–water partition coefficient (Wildman–Crippen LogP) is 5.42. The highest BCUT2D eigenvalue weighted by Crippen LogP contribution is 2.36. The molecule has 0 bridgehead atoms. The van der Waals surface area contributed by atoms with Gasteiger partial charge in [0.15, 0.2) is 5.82 Å². The summed E-state index contributed by atoms with van der Waals surface area (Å²) >= 11 is 12.5. The van der Waals surface area contributed by atoms with Crippen LogP contribution < -0.4 is 15.5 Å². The number of carbonyl (C=O) groups is 2. The van der Waals surface area contributed by atoms with E-state index in [9.17, 15) is 14.0 Å². The molecule has 172 valence electrons. The lowest BCUT2D eigenvalue weighted by Crippen LogP contribution is -2.32. The van der Waals surface area contributed by atoms with E-state index in [0.717, 1.165) is 0 Å². The second-order valence-electron chi connectivity index (χ2n) is 7.26. The number of nitrogens with zero attached hydrogens (tertiary/aromatic N) is 3. The standard InChI is InChI=1S/C24H23Cl2FN4O2/c1-4-31(5-2)20-12-15(16-11-14(22(28)32)9-10-17(16)25)13-29-23(20)30(3)24(33)21-18(26)7-6-8-19(21)27/h6-13H,4-5H2,1-3H3,(H2,28,32). The molecule has 6 nitrogen and oxygen atoms in total. The maximum absolute atomic E-state index is 14.4. The zero-order chi connectivity index (χ0) is 24.3. The van der Waals surface area contributed by atoms with Gasteiger partial charge in [-0.05, 0) is 50.2 Å². The smallest absolute Gasteiger partial charge is 0.263 e. The maximum atomic E-state index is 14.4. The predicted molar refractivity (Wildman–Crippen MR) is 131 cm³/mol. The van der Waals surface area contributed by atoms with Gasteiger partial charge in [-0.2, -0.15) is 0 Å². The lowest BCUT2D eigenvalue weighted by atomic mass is 10.0. The van der Waals surface area contributed by atoms with Crippen LogP contribution in [0.4, 0.5) is 15.9 Å². The fourth-order valence-electron chi connectivity index (χ4n) is 3.51. The van der Waals surface area contributed by atoms with Crippen LogP contribution >= 0.6 is 23.2 Å². The summed E-state index contributed by atoms with van der Waals surface area (Å²) in [6.45, 7) is 5.20. The number of nitrogens with two attached hydrogens (primary N) is 1. The topological polar surface area (TPSA) is 79.5 Å². The zero-order valence-electron chi connectivity index (χ0n) is 18.4. The number of amides is 2. The van der Waals surface area contributed by atoms with E-state index in [4.69, 9.17) is 28.9 Å². The van der Waals surface area contributed by atoms with Gasteiger partial charge >= 0.3 is 0 Å². The second kappa shape index (κ2) is 10.2. The Morgan fingerprint density at radius 2 is 1.76 bits per heavy atom. The fraction of sp³-hybridized carbons (Fsp3) is 0.208. The second-order valence-corrected chi connectivity index (χ2v) is 8.07. The molecule has 0 aliphatic heterocycles. The van der Waals surface area contributed by atoms with Crippen molar-refractivity contribution >= 4 is 46.5 Å². The van der Waals surface area contributed by atoms with Crippen molar-refractivity contribution in [2.45, 2.75) is 13.8 Å². The number of hydrogen-bond acceptors (Lipinski definition) is 4. The largest absolute Gasteiger partial charge is 0.369 e. The highest BCUT2D eigenvalue weighted by Gasteiger charge is 2.25. The van der Waals surface area contributed by atoms with Gasteiger partial charge in [0.05, 0.1) is 16.3 Å². The van der Waals surface area contributed by atoms with Gasteiger partial charge in [0.1, 0.15) is 5.82 Å². The minimum Gasteiger partial charge on any atom is -0.369 e. The summed E-state index contributed by atoms with van der Waals surface area (Å²) in [5, 5.41) is 0.436. The van der Waals surface area contributed by atoms with E-state index in [0.29, 0.717) is 46.3 Å². The number of carbonyl (C=O) groups excluding carboxylic acids is 2. The van der Waals surface area contributed by atoms with E-state index in [1.54, 1.807) is 24.4 Å².